The Morgan fingerprint density at radius 2 is 1.21 bits per heavy atom. The molecule has 0 aliphatic rings. The number of hydrogen-bond acceptors (Lipinski definition) is 1. The second-order valence-electron chi connectivity index (χ2n) is 3.65. The number of carbonyl (C=O) groups is 1. The zero-order chi connectivity index (χ0) is 14.0. The van der Waals surface area contributed by atoms with Gasteiger partial charge in [-0.05, 0) is 24.3 Å². The number of rotatable bonds is 2. The molecule has 0 saturated heterocycles. The van der Waals surface area contributed by atoms with Crippen molar-refractivity contribution in [3.63, 3.8) is 0 Å². The van der Waals surface area contributed by atoms with E-state index in [0.29, 0.717) is 0 Å². The molecule has 2 aromatic carbocycles. The highest BCUT2D eigenvalue weighted by Crippen LogP contribution is 2.20. The first-order valence-electron chi connectivity index (χ1n) is 5.20. The predicted octanol–water partition coefficient (Wildman–Crippen LogP) is 3.50. The van der Waals surface area contributed by atoms with Crippen molar-refractivity contribution in [3.05, 3.63) is 65.2 Å². The lowest BCUT2D eigenvalue weighted by Crippen LogP contribution is -2.17. The third kappa shape index (κ3) is 2.57. The molecule has 0 radical (unpaired) electrons. The molecule has 0 aromatic heterocycles. The molecule has 0 aliphatic heterocycles. The van der Waals surface area contributed by atoms with Gasteiger partial charge in [0, 0.05) is 0 Å². The Morgan fingerprint density at radius 1 is 0.789 bits per heavy atom. The summed E-state index contributed by atoms with van der Waals surface area (Å²) in [6, 6.07) is 5.74. The largest absolute Gasteiger partial charge is 0.317 e. The molecule has 0 aliphatic carbocycles. The van der Waals surface area contributed by atoms with Crippen LogP contribution in [0.25, 0.3) is 0 Å². The van der Waals surface area contributed by atoms with Crippen molar-refractivity contribution in [2.75, 3.05) is 5.32 Å². The van der Waals surface area contributed by atoms with Gasteiger partial charge in [0.05, 0.1) is 0 Å². The minimum Gasteiger partial charge on any atom is -0.317 e. The van der Waals surface area contributed by atoms with E-state index in [9.17, 15) is 22.4 Å². The first kappa shape index (κ1) is 13.1. The Morgan fingerprint density at radius 3 is 1.68 bits per heavy atom. The maximum Gasteiger partial charge on any atom is 0.261 e. The van der Waals surface area contributed by atoms with E-state index in [1.807, 2.05) is 5.32 Å². The summed E-state index contributed by atoms with van der Waals surface area (Å²) < 4.78 is 53.2. The summed E-state index contributed by atoms with van der Waals surface area (Å²) >= 11 is 0. The fraction of sp³-hybridized carbons (Fsp3) is 0. The average Bonchev–Trinajstić information content (AvgIpc) is 2.34. The first-order valence-corrected chi connectivity index (χ1v) is 5.20. The van der Waals surface area contributed by atoms with Crippen LogP contribution in [0.3, 0.4) is 0 Å². The summed E-state index contributed by atoms with van der Waals surface area (Å²) in [4.78, 5) is 11.6. The fourth-order valence-electron chi connectivity index (χ4n) is 1.51. The number of carbonyl (C=O) groups excluding carboxylic acids is 1. The quantitative estimate of drug-likeness (QED) is 0.831. The smallest absolute Gasteiger partial charge is 0.261 e. The van der Waals surface area contributed by atoms with Gasteiger partial charge in [-0.3, -0.25) is 4.79 Å². The molecular formula is C13H7F4NO. The van der Waals surface area contributed by atoms with Crippen molar-refractivity contribution in [1.29, 1.82) is 0 Å². The summed E-state index contributed by atoms with van der Waals surface area (Å²) in [5.74, 6) is -5.57. The van der Waals surface area contributed by atoms with Crippen LogP contribution < -0.4 is 5.32 Å². The molecule has 2 aromatic rings. The Hall–Kier alpha value is -2.37. The maximum absolute atomic E-state index is 13.3. The second kappa shape index (κ2) is 5.09. The highest BCUT2D eigenvalue weighted by Gasteiger charge is 2.19. The third-order valence-electron chi connectivity index (χ3n) is 2.39. The van der Waals surface area contributed by atoms with E-state index in [-0.39, 0.29) is 0 Å². The van der Waals surface area contributed by atoms with Crippen molar-refractivity contribution in [1.82, 2.24) is 0 Å². The van der Waals surface area contributed by atoms with Gasteiger partial charge in [0.15, 0.2) is 0 Å². The van der Waals surface area contributed by atoms with Crippen LogP contribution in [0.15, 0.2) is 36.4 Å². The molecule has 0 saturated carbocycles. The predicted molar refractivity (Wildman–Crippen MR) is 60.7 cm³/mol. The van der Waals surface area contributed by atoms with Gasteiger partial charge >= 0.3 is 0 Å². The van der Waals surface area contributed by atoms with E-state index in [1.54, 1.807) is 0 Å². The van der Waals surface area contributed by atoms with Crippen molar-refractivity contribution in [2.45, 2.75) is 0 Å². The third-order valence-corrected chi connectivity index (χ3v) is 2.39. The monoisotopic (exact) mass is 269 g/mol. The Labute approximate surface area is 105 Å². The molecule has 98 valence electrons. The normalized spacial score (nSPS) is 10.3. The molecule has 0 bridgehead atoms. The van der Waals surface area contributed by atoms with E-state index < -0.39 is 40.4 Å². The van der Waals surface area contributed by atoms with Gasteiger partial charge in [-0.2, -0.15) is 0 Å². The van der Waals surface area contributed by atoms with E-state index in [0.717, 1.165) is 36.4 Å². The number of nitrogens with one attached hydrogen (secondary N) is 1. The van der Waals surface area contributed by atoms with Crippen LogP contribution in [-0.4, -0.2) is 5.91 Å². The zero-order valence-electron chi connectivity index (χ0n) is 9.38. The number of benzene rings is 2. The first-order chi connectivity index (χ1) is 9.00. The highest BCUT2D eigenvalue weighted by atomic mass is 19.1. The molecule has 0 heterocycles. The van der Waals surface area contributed by atoms with Crippen LogP contribution in [-0.2, 0) is 0 Å². The topological polar surface area (TPSA) is 29.1 Å². The molecule has 1 N–H and O–H groups in total. The molecule has 0 fully saturated rings. The molecule has 0 unspecified atom stereocenters. The molecule has 1 amide bonds. The van der Waals surface area contributed by atoms with Crippen molar-refractivity contribution in [2.24, 2.45) is 0 Å². The van der Waals surface area contributed by atoms with Crippen LogP contribution in [0.5, 0.6) is 0 Å². The summed E-state index contributed by atoms with van der Waals surface area (Å²) in [5.41, 5.74) is -1.65. The van der Waals surface area contributed by atoms with Crippen LogP contribution in [0.1, 0.15) is 10.4 Å². The minimum absolute atomic E-state index is 0.754. The van der Waals surface area contributed by atoms with Gasteiger partial charge in [0.25, 0.3) is 5.91 Å². The number of hydrogen-bond donors (Lipinski definition) is 1. The summed E-state index contributed by atoms with van der Waals surface area (Å²) in [6.45, 7) is 0. The average molecular weight is 269 g/mol. The SMILES string of the molecule is O=C(Nc1c(F)cccc1F)c1c(F)cccc1F. The molecule has 19 heavy (non-hydrogen) atoms. The Kier molecular flexibility index (Phi) is 3.50. The van der Waals surface area contributed by atoms with Gasteiger partial charge in [0.1, 0.15) is 34.5 Å². The molecule has 2 nitrogen and oxygen atoms in total. The number of amides is 1. The fourth-order valence-corrected chi connectivity index (χ4v) is 1.51. The molecule has 0 atom stereocenters. The Bertz CT molecular complexity index is 602. The summed E-state index contributed by atoms with van der Waals surface area (Å²) in [6.07, 6.45) is 0. The number of halogens is 4. The zero-order valence-corrected chi connectivity index (χ0v) is 9.38. The summed E-state index contributed by atoms with van der Waals surface area (Å²) in [5, 5.41) is 1.81. The van der Waals surface area contributed by atoms with Crippen LogP contribution in [0, 0.1) is 23.3 Å². The second-order valence-corrected chi connectivity index (χ2v) is 3.65. The highest BCUT2D eigenvalue weighted by molar-refractivity contribution is 6.04. The molecule has 2 rings (SSSR count). The van der Waals surface area contributed by atoms with Gasteiger partial charge in [-0.25, -0.2) is 17.6 Å². The van der Waals surface area contributed by atoms with E-state index in [1.165, 1.54) is 0 Å². The maximum atomic E-state index is 13.3. The van der Waals surface area contributed by atoms with Gasteiger partial charge in [0.2, 0.25) is 0 Å². The number of anilines is 1. The van der Waals surface area contributed by atoms with Crippen LogP contribution in [0.2, 0.25) is 0 Å². The van der Waals surface area contributed by atoms with Crippen molar-refractivity contribution in [3.8, 4) is 0 Å². The lowest BCUT2D eigenvalue weighted by atomic mass is 10.1. The molecule has 6 heteroatoms. The summed E-state index contributed by atoms with van der Waals surface area (Å²) in [7, 11) is 0. The lowest BCUT2D eigenvalue weighted by Gasteiger charge is -2.08. The Balaban J connectivity index is 2.37. The van der Waals surface area contributed by atoms with E-state index in [2.05, 4.69) is 0 Å². The van der Waals surface area contributed by atoms with Gasteiger partial charge in [-0.1, -0.05) is 12.1 Å². The van der Waals surface area contributed by atoms with Crippen LogP contribution >= 0.6 is 0 Å². The van der Waals surface area contributed by atoms with Crippen molar-refractivity contribution < 1.29 is 22.4 Å². The lowest BCUT2D eigenvalue weighted by molar-refractivity contribution is 0.101. The molecular weight excluding hydrogens is 262 g/mol. The van der Waals surface area contributed by atoms with Crippen molar-refractivity contribution >= 4 is 11.6 Å². The number of para-hydroxylation sites is 1. The minimum atomic E-state index is -1.26. The van der Waals surface area contributed by atoms with Crippen LogP contribution in [0.4, 0.5) is 23.2 Å². The van der Waals surface area contributed by atoms with E-state index >= 15 is 0 Å². The van der Waals surface area contributed by atoms with Gasteiger partial charge < -0.3 is 5.32 Å². The molecule has 0 spiro atoms. The van der Waals surface area contributed by atoms with Gasteiger partial charge in [-0.15, -0.1) is 0 Å². The standard InChI is InChI=1S/C13H7F4NO/c14-7-3-1-4-8(15)11(7)13(19)18-12-9(16)5-2-6-10(12)17/h1-6H,(H,18,19). The van der Waals surface area contributed by atoms with E-state index in [4.69, 9.17) is 0 Å².